The van der Waals surface area contributed by atoms with Crippen LogP contribution in [0.15, 0.2) is 46.9 Å². The Hall–Kier alpha value is -1.11. The highest BCUT2D eigenvalue weighted by molar-refractivity contribution is 7.00. The third-order valence-electron chi connectivity index (χ3n) is 7.38. The largest absolute Gasteiger partial charge is 0.476 e. The first kappa shape index (κ1) is 20.2. The number of benzene rings is 1. The Kier molecular flexibility index (Phi) is 6.29. The van der Waals surface area contributed by atoms with E-state index in [-0.39, 0.29) is 0 Å². The van der Waals surface area contributed by atoms with Crippen molar-refractivity contribution in [1.82, 2.24) is 4.90 Å². The zero-order valence-corrected chi connectivity index (χ0v) is 19.9. The molecule has 2 aliphatic heterocycles. The van der Waals surface area contributed by atoms with E-state index >= 15 is 0 Å². The van der Waals surface area contributed by atoms with Crippen LogP contribution in [0.3, 0.4) is 0 Å². The molecule has 1 aromatic carbocycles. The fourth-order valence-electron chi connectivity index (χ4n) is 5.45. The Morgan fingerprint density at radius 1 is 0.893 bits per heavy atom. The van der Waals surface area contributed by atoms with E-state index in [1.54, 1.807) is 0 Å². The van der Waals surface area contributed by atoms with Crippen molar-refractivity contribution in [1.29, 1.82) is 0 Å². The lowest BCUT2D eigenvalue weighted by Crippen LogP contribution is -2.54. The van der Waals surface area contributed by atoms with E-state index in [0.717, 1.165) is 0 Å². The molecule has 2 aromatic rings. The normalized spacial score (nSPS) is 20.5. The zero-order chi connectivity index (χ0) is 19.5. The summed E-state index contributed by atoms with van der Waals surface area (Å²) in [6.07, 6.45) is 8.46. The molecule has 1 aromatic heterocycles. The van der Waals surface area contributed by atoms with Crippen LogP contribution in [0.5, 0.6) is 0 Å². The van der Waals surface area contributed by atoms with Crippen LogP contribution in [-0.2, 0) is 0 Å². The van der Waals surface area contributed by atoms with Crippen molar-refractivity contribution in [2.45, 2.75) is 69.8 Å². The average Bonchev–Trinajstić information content (AvgIpc) is 3.42. The standard InChI is InChI=1S/C24H37NOSi2/c1-27(2,22-12-5-3-6-13-22)23-14-15-24(26-23)28(19-9-4-10-20-28)21-11-18-25-16-7-8-17-25/h3,5-6,12-15H,4,7-11,16-21H2,1-2H3. The molecule has 3 heterocycles. The average molecular weight is 412 g/mol. The molecule has 2 aliphatic rings. The third kappa shape index (κ3) is 4.24. The van der Waals surface area contributed by atoms with Gasteiger partial charge in [0.25, 0.3) is 0 Å². The van der Waals surface area contributed by atoms with Crippen LogP contribution in [0.25, 0.3) is 0 Å². The molecule has 0 radical (unpaired) electrons. The van der Waals surface area contributed by atoms with Gasteiger partial charge in [0.1, 0.15) is 8.07 Å². The molecule has 0 amide bonds. The van der Waals surface area contributed by atoms with Crippen LogP contribution >= 0.6 is 0 Å². The number of nitrogens with zero attached hydrogens (tertiary/aromatic N) is 1. The molecule has 152 valence electrons. The van der Waals surface area contributed by atoms with Crippen LogP contribution in [-0.4, -0.2) is 40.7 Å². The van der Waals surface area contributed by atoms with E-state index in [0.29, 0.717) is 0 Å². The fraction of sp³-hybridized carbons (Fsp3) is 0.583. The quantitative estimate of drug-likeness (QED) is 0.627. The van der Waals surface area contributed by atoms with Gasteiger partial charge in [0, 0.05) is 0 Å². The molecule has 0 spiro atoms. The van der Waals surface area contributed by atoms with E-state index in [1.165, 1.54) is 92.2 Å². The Morgan fingerprint density at radius 2 is 1.61 bits per heavy atom. The summed E-state index contributed by atoms with van der Waals surface area (Å²) in [6.45, 7) is 8.85. The lowest BCUT2D eigenvalue weighted by Gasteiger charge is -2.34. The minimum absolute atomic E-state index is 1.28. The molecular weight excluding hydrogens is 374 g/mol. The minimum atomic E-state index is -1.74. The summed E-state index contributed by atoms with van der Waals surface area (Å²) in [5, 5.41) is 4.19. The van der Waals surface area contributed by atoms with E-state index in [2.05, 4.69) is 60.5 Å². The number of hydrogen-bond donors (Lipinski definition) is 0. The summed E-state index contributed by atoms with van der Waals surface area (Å²) >= 11 is 0. The maximum absolute atomic E-state index is 6.78. The molecule has 0 unspecified atom stereocenters. The first-order chi connectivity index (χ1) is 13.6. The smallest absolute Gasteiger partial charge is 0.156 e. The Balaban J connectivity index is 1.52. The molecule has 0 aliphatic carbocycles. The summed E-state index contributed by atoms with van der Waals surface area (Å²) < 4.78 is 6.78. The van der Waals surface area contributed by atoms with Gasteiger partial charge in [-0.15, -0.1) is 0 Å². The fourth-order valence-corrected chi connectivity index (χ4v) is 12.7. The van der Waals surface area contributed by atoms with E-state index in [4.69, 9.17) is 4.42 Å². The van der Waals surface area contributed by atoms with Gasteiger partial charge in [0.15, 0.2) is 8.07 Å². The van der Waals surface area contributed by atoms with E-state index in [1.807, 2.05) is 0 Å². The van der Waals surface area contributed by atoms with Gasteiger partial charge in [-0.25, -0.2) is 0 Å². The van der Waals surface area contributed by atoms with Crippen molar-refractivity contribution in [2.24, 2.45) is 0 Å². The molecule has 28 heavy (non-hydrogen) atoms. The summed E-state index contributed by atoms with van der Waals surface area (Å²) in [6, 6.07) is 20.1. The monoisotopic (exact) mass is 411 g/mol. The zero-order valence-electron chi connectivity index (χ0n) is 17.9. The molecule has 0 bridgehead atoms. The van der Waals surface area contributed by atoms with Crippen molar-refractivity contribution in [3.63, 3.8) is 0 Å². The Morgan fingerprint density at radius 3 is 2.32 bits per heavy atom. The van der Waals surface area contributed by atoms with Crippen molar-refractivity contribution < 1.29 is 4.42 Å². The maximum atomic E-state index is 6.78. The van der Waals surface area contributed by atoms with Gasteiger partial charge in [0.05, 0.1) is 10.8 Å². The van der Waals surface area contributed by atoms with Crippen molar-refractivity contribution in [3.8, 4) is 0 Å². The first-order valence-corrected chi connectivity index (χ1v) is 17.1. The van der Waals surface area contributed by atoms with Gasteiger partial charge < -0.3 is 9.32 Å². The lowest BCUT2D eigenvalue weighted by molar-refractivity contribution is 0.339. The van der Waals surface area contributed by atoms with Crippen LogP contribution in [0, 0.1) is 0 Å². The minimum Gasteiger partial charge on any atom is -0.476 e. The lowest BCUT2D eigenvalue weighted by atomic mass is 10.3. The molecule has 2 nitrogen and oxygen atoms in total. The van der Waals surface area contributed by atoms with Gasteiger partial charge in [-0.1, -0.05) is 80.0 Å². The molecule has 0 atom stereocenters. The second-order valence-electron chi connectivity index (χ2n) is 9.65. The van der Waals surface area contributed by atoms with Crippen LogP contribution in [0.2, 0.25) is 31.2 Å². The SMILES string of the molecule is C[Si](C)(c1ccccc1)c1ccc([Si]2(CCCN3CCCC3)CCCCC2)o1. The Bertz CT molecular complexity index is 743. The molecule has 2 saturated heterocycles. The van der Waals surface area contributed by atoms with Crippen LogP contribution in [0.1, 0.15) is 38.5 Å². The molecule has 0 N–H and O–H groups in total. The number of furan rings is 1. The molecular formula is C24H37NOSi2. The highest BCUT2D eigenvalue weighted by Gasteiger charge is 2.40. The number of hydrogen-bond acceptors (Lipinski definition) is 2. The van der Waals surface area contributed by atoms with Crippen LogP contribution in [0.4, 0.5) is 0 Å². The molecule has 2 fully saturated rings. The van der Waals surface area contributed by atoms with Gasteiger partial charge in [0.2, 0.25) is 0 Å². The highest BCUT2D eigenvalue weighted by Crippen LogP contribution is 2.33. The molecule has 4 rings (SSSR count). The number of rotatable bonds is 7. The maximum Gasteiger partial charge on any atom is 0.156 e. The predicted octanol–water partition coefficient (Wildman–Crippen LogP) is 4.43. The summed E-state index contributed by atoms with van der Waals surface area (Å²) in [5.41, 5.74) is 0. The van der Waals surface area contributed by atoms with Gasteiger partial charge in [-0.3, -0.25) is 0 Å². The first-order valence-electron chi connectivity index (χ1n) is 11.5. The highest BCUT2D eigenvalue weighted by atomic mass is 28.3. The third-order valence-corrected chi connectivity index (χ3v) is 15.9. The van der Waals surface area contributed by atoms with Gasteiger partial charge >= 0.3 is 0 Å². The predicted molar refractivity (Wildman–Crippen MR) is 126 cm³/mol. The summed E-state index contributed by atoms with van der Waals surface area (Å²) in [7, 11) is -3.20. The second-order valence-corrected chi connectivity index (χ2v) is 18.5. The van der Waals surface area contributed by atoms with Crippen molar-refractivity contribution >= 4 is 32.1 Å². The van der Waals surface area contributed by atoms with Gasteiger partial charge in [-0.05, 0) is 57.1 Å². The second kappa shape index (κ2) is 8.72. The van der Waals surface area contributed by atoms with Crippen LogP contribution < -0.4 is 16.0 Å². The molecule has 4 heteroatoms. The summed E-state index contributed by atoms with van der Waals surface area (Å²) in [4.78, 5) is 2.68. The number of likely N-dealkylation sites (tertiary alicyclic amines) is 1. The van der Waals surface area contributed by atoms with Crippen molar-refractivity contribution in [3.05, 3.63) is 42.5 Å². The molecule has 0 saturated carbocycles. The topological polar surface area (TPSA) is 16.4 Å². The Labute approximate surface area is 173 Å². The van der Waals surface area contributed by atoms with E-state index < -0.39 is 16.1 Å². The van der Waals surface area contributed by atoms with E-state index in [9.17, 15) is 0 Å². The van der Waals surface area contributed by atoms with Crippen molar-refractivity contribution in [2.75, 3.05) is 19.6 Å². The van der Waals surface area contributed by atoms with Gasteiger partial charge in [-0.2, -0.15) is 0 Å². The summed E-state index contributed by atoms with van der Waals surface area (Å²) in [5.74, 6) is 0.